The van der Waals surface area contributed by atoms with Gasteiger partial charge in [-0.25, -0.2) is 0 Å². The van der Waals surface area contributed by atoms with Gasteiger partial charge in [-0.1, -0.05) is 0 Å². The Morgan fingerprint density at radius 3 is 2.50 bits per heavy atom. The Morgan fingerprint density at radius 1 is 1.43 bits per heavy atom. The predicted molar refractivity (Wildman–Crippen MR) is 43.2 cm³/mol. The molecule has 0 aliphatic carbocycles. The fourth-order valence-electron chi connectivity index (χ4n) is 0.826. The molecule has 4 nitrogen and oxygen atoms in total. The Kier molecular flexibility index (Phi) is 2.80. The molecule has 0 spiro atoms. The number of aromatic nitrogens is 1. The zero-order valence-corrected chi connectivity index (χ0v) is 7.01. The van der Waals surface area contributed by atoms with Crippen molar-refractivity contribution in [2.24, 2.45) is 5.73 Å². The molecule has 0 amide bonds. The topological polar surface area (TPSA) is 74.2 Å². The van der Waals surface area contributed by atoms with Gasteiger partial charge in [-0.2, -0.15) is 0 Å². The van der Waals surface area contributed by atoms with Crippen LogP contribution in [0.4, 0.5) is 18.9 Å². The summed E-state index contributed by atoms with van der Waals surface area (Å²) in [7, 11) is 0. The Labute approximate surface area is 77.7 Å². The summed E-state index contributed by atoms with van der Waals surface area (Å²) in [5.41, 5.74) is 10.8. The summed E-state index contributed by atoms with van der Waals surface area (Å²) in [5, 5.41) is 0. The molecule has 0 atom stereocenters. The molecule has 4 N–H and O–H groups in total. The maximum absolute atomic E-state index is 11.8. The summed E-state index contributed by atoms with van der Waals surface area (Å²) < 4.78 is 38.9. The van der Waals surface area contributed by atoms with E-state index in [1.165, 1.54) is 6.07 Å². The Morgan fingerprint density at radius 2 is 2.07 bits per heavy atom. The molecule has 0 saturated carbocycles. The summed E-state index contributed by atoms with van der Waals surface area (Å²) >= 11 is 0. The van der Waals surface area contributed by atoms with Gasteiger partial charge >= 0.3 is 6.36 Å². The van der Waals surface area contributed by atoms with Gasteiger partial charge in [0, 0.05) is 6.54 Å². The van der Waals surface area contributed by atoms with Gasteiger partial charge in [0.15, 0.2) is 5.75 Å². The number of hydrogen-bond donors (Lipinski definition) is 2. The quantitative estimate of drug-likeness (QED) is 0.759. The van der Waals surface area contributed by atoms with Crippen LogP contribution in [-0.2, 0) is 6.54 Å². The molecule has 1 aromatic rings. The molecule has 78 valence electrons. The summed E-state index contributed by atoms with van der Waals surface area (Å²) in [4.78, 5) is 3.61. The van der Waals surface area contributed by atoms with Crippen LogP contribution < -0.4 is 16.2 Å². The van der Waals surface area contributed by atoms with Gasteiger partial charge in [0.05, 0.1) is 17.6 Å². The molecule has 0 radical (unpaired) electrons. The largest absolute Gasteiger partial charge is 0.573 e. The van der Waals surface area contributed by atoms with Crippen molar-refractivity contribution in [1.29, 1.82) is 0 Å². The van der Waals surface area contributed by atoms with Crippen molar-refractivity contribution in [2.75, 3.05) is 5.73 Å². The lowest BCUT2D eigenvalue weighted by Crippen LogP contribution is -2.18. The molecule has 0 unspecified atom stereocenters. The number of nitrogen functional groups attached to an aromatic ring is 1. The van der Waals surface area contributed by atoms with Gasteiger partial charge in [-0.3, -0.25) is 4.98 Å². The smallest absolute Gasteiger partial charge is 0.402 e. The fraction of sp³-hybridized carbons (Fsp3) is 0.286. The lowest BCUT2D eigenvalue weighted by atomic mass is 10.3. The van der Waals surface area contributed by atoms with E-state index in [4.69, 9.17) is 11.5 Å². The van der Waals surface area contributed by atoms with Gasteiger partial charge in [-0.15, -0.1) is 13.2 Å². The molecule has 1 aromatic heterocycles. The number of alkyl halides is 3. The monoisotopic (exact) mass is 207 g/mol. The summed E-state index contributed by atoms with van der Waals surface area (Å²) in [6, 6.07) is 1.24. The van der Waals surface area contributed by atoms with Crippen LogP contribution in [0.1, 0.15) is 5.69 Å². The van der Waals surface area contributed by atoms with Crippen molar-refractivity contribution in [1.82, 2.24) is 4.98 Å². The number of anilines is 1. The first-order chi connectivity index (χ1) is 6.42. The molecule has 0 aromatic carbocycles. The standard InChI is InChI=1S/C7H8F3N3O/c8-7(9,10)14-6-3-13-4(2-11)1-5(6)12/h1,3H,2,11H2,(H2,12,13). The second kappa shape index (κ2) is 3.70. The number of halogens is 3. The highest BCUT2D eigenvalue weighted by Crippen LogP contribution is 2.27. The minimum absolute atomic E-state index is 0.108. The summed E-state index contributed by atoms with van der Waals surface area (Å²) in [6.45, 7) is 0.108. The predicted octanol–water partition coefficient (Wildman–Crippen LogP) is 1.02. The van der Waals surface area contributed by atoms with Crippen LogP contribution >= 0.6 is 0 Å². The van der Waals surface area contributed by atoms with E-state index in [1.54, 1.807) is 0 Å². The van der Waals surface area contributed by atoms with E-state index in [-0.39, 0.29) is 12.2 Å². The Balaban J connectivity index is 2.89. The minimum atomic E-state index is -4.76. The van der Waals surface area contributed by atoms with E-state index in [9.17, 15) is 13.2 Å². The van der Waals surface area contributed by atoms with Crippen LogP contribution in [0.3, 0.4) is 0 Å². The van der Waals surface area contributed by atoms with Crippen LogP contribution in [0.5, 0.6) is 5.75 Å². The third kappa shape index (κ3) is 2.77. The first kappa shape index (κ1) is 10.6. The normalized spacial score (nSPS) is 11.4. The number of nitrogens with zero attached hydrogens (tertiary/aromatic N) is 1. The van der Waals surface area contributed by atoms with E-state index in [1.807, 2.05) is 0 Å². The third-order valence-corrected chi connectivity index (χ3v) is 1.39. The molecular formula is C7H8F3N3O. The summed E-state index contributed by atoms with van der Waals surface area (Å²) in [5.74, 6) is -0.519. The zero-order valence-electron chi connectivity index (χ0n) is 7.01. The van der Waals surface area contributed by atoms with Crippen LogP contribution in [-0.4, -0.2) is 11.3 Å². The highest BCUT2D eigenvalue weighted by molar-refractivity contribution is 5.51. The van der Waals surface area contributed by atoms with Crippen molar-refractivity contribution in [3.63, 3.8) is 0 Å². The molecule has 1 rings (SSSR count). The third-order valence-electron chi connectivity index (χ3n) is 1.39. The Bertz CT molecular complexity index is 326. The van der Waals surface area contributed by atoms with Crippen LogP contribution in [0.25, 0.3) is 0 Å². The van der Waals surface area contributed by atoms with Gasteiger partial charge in [0.25, 0.3) is 0 Å². The highest BCUT2D eigenvalue weighted by Gasteiger charge is 2.32. The maximum atomic E-state index is 11.8. The molecule has 0 bridgehead atoms. The van der Waals surface area contributed by atoms with E-state index in [0.717, 1.165) is 6.20 Å². The maximum Gasteiger partial charge on any atom is 0.573 e. The molecule has 14 heavy (non-hydrogen) atoms. The Hall–Kier alpha value is -1.50. The van der Waals surface area contributed by atoms with Crippen molar-refractivity contribution in [2.45, 2.75) is 12.9 Å². The summed E-state index contributed by atoms with van der Waals surface area (Å²) in [6.07, 6.45) is -3.87. The second-order valence-corrected chi connectivity index (χ2v) is 2.47. The molecular weight excluding hydrogens is 199 g/mol. The lowest BCUT2D eigenvalue weighted by Gasteiger charge is -2.10. The van der Waals surface area contributed by atoms with Gasteiger partial charge in [0.2, 0.25) is 0 Å². The average Bonchev–Trinajstić information content (AvgIpc) is 2.06. The molecule has 7 heteroatoms. The number of rotatable bonds is 2. The molecule has 0 saturated heterocycles. The van der Waals surface area contributed by atoms with Gasteiger partial charge < -0.3 is 16.2 Å². The number of hydrogen-bond acceptors (Lipinski definition) is 4. The zero-order chi connectivity index (χ0) is 10.8. The molecule has 0 aliphatic heterocycles. The van der Waals surface area contributed by atoms with Gasteiger partial charge in [0.1, 0.15) is 0 Å². The molecule has 1 heterocycles. The van der Waals surface area contributed by atoms with Crippen molar-refractivity contribution >= 4 is 5.69 Å². The lowest BCUT2D eigenvalue weighted by molar-refractivity contribution is -0.274. The van der Waals surface area contributed by atoms with E-state index in [2.05, 4.69) is 9.72 Å². The fourth-order valence-corrected chi connectivity index (χ4v) is 0.826. The van der Waals surface area contributed by atoms with E-state index in [0.29, 0.717) is 5.69 Å². The van der Waals surface area contributed by atoms with Crippen LogP contribution in [0.15, 0.2) is 12.3 Å². The number of nitrogens with two attached hydrogens (primary N) is 2. The number of pyridine rings is 1. The molecule has 0 fully saturated rings. The first-order valence-electron chi connectivity index (χ1n) is 3.62. The first-order valence-corrected chi connectivity index (χ1v) is 3.62. The molecule has 0 aliphatic rings. The minimum Gasteiger partial charge on any atom is -0.402 e. The highest BCUT2D eigenvalue weighted by atomic mass is 19.4. The van der Waals surface area contributed by atoms with Crippen LogP contribution in [0, 0.1) is 0 Å². The van der Waals surface area contributed by atoms with Crippen LogP contribution in [0.2, 0.25) is 0 Å². The SMILES string of the molecule is NCc1cc(N)c(OC(F)(F)F)cn1. The van der Waals surface area contributed by atoms with Crippen molar-refractivity contribution in [3.05, 3.63) is 18.0 Å². The second-order valence-electron chi connectivity index (χ2n) is 2.47. The van der Waals surface area contributed by atoms with E-state index >= 15 is 0 Å². The van der Waals surface area contributed by atoms with Crippen molar-refractivity contribution < 1.29 is 17.9 Å². The van der Waals surface area contributed by atoms with Crippen molar-refractivity contribution in [3.8, 4) is 5.75 Å². The average molecular weight is 207 g/mol. The van der Waals surface area contributed by atoms with E-state index < -0.39 is 12.1 Å². The van der Waals surface area contributed by atoms with Gasteiger partial charge in [-0.05, 0) is 6.07 Å². The number of ether oxygens (including phenoxy) is 1.